The smallest absolute Gasteiger partial charge is 0.229 e. The number of hydrogen-bond donors (Lipinski definition) is 1. The number of nitrogens with two attached hydrogens (primary N) is 1. The highest BCUT2D eigenvalue weighted by atomic mass is 16.2. The van der Waals surface area contributed by atoms with Crippen molar-refractivity contribution in [2.45, 2.75) is 33.2 Å². The molecule has 1 aliphatic heterocycles. The first kappa shape index (κ1) is 14.0. The Bertz CT molecular complexity index is 415. The second-order valence-electron chi connectivity index (χ2n) is 5.96. The van der Waals surface area contributed by atoms with Crippen molar-refractivity contribution in [2.75, 3.05) is 19.6 Å². The topological polar surface area (TPSA) is 77.0 Å². The van der Waals surface area contributed by atoms with E-state index in [0.29, 0.717) is 12.5 Å². The van der Waals surface area contributed by atoms with Crippen LogP contribution in [-0.4, -0.2) is 45.2 Å². The molecule has 1 aromatic rings. The lowest BCUT2D eigenvalue weighted by Crippen LogP contribution is -2.49. The molecule has 1 aliphatic rings. The van der Waals surface area contributed by atoms with E-state index in [2.05, 4.69) is 10.1 Å². The fourth-order valence-electron chi connectivity index (χ4n) is 2.51. The van der Waals surface area contributed by atoms with Gasteiger partial charge in [0.05, 0.1) is 5.41 Å². The molecule has 6 nitrogen and oxygen atoms in total. The van der Waals surface area contributed by atoms with Crippen LogP contribution in [0.2, 0.25) is 0 Å². The van der Waals surface area contributed by atoms with E-state index in [1.54, 1.807) is 12.7 Å². The highest BCUT2D eigenvalue weighted by molar-refractivity contribution is 5.82. The van der Waals surface area contributed by atoms with Crippen LogP contribution >= 0.6 is 0 Å². The Hall–Kier alpha value is -1.43. The predicted molar refractivity (Wildman–Crippen MR) is 72.2 cm³/mol. The van der Waals surface area contributed by atoms with E-state index in [9.17, 15) is 4.79 Å². The molecule has 0 aromatic carbocycles. The van der Waals surface area contributed by atoms with Crippen molar-refractivity contribution in [1.29, 1.82) is 0 Å². The summed E-state index contributed by atoms with van der Waals surface area (Å²) in [6.45, 7) is 6.67. The maximum Gasteiger partial charge on any atom is 0.229 e. The summed E-state index contributed by atoms with van der Waals surface area (Å²) in [6.07, 6.45) is 5.45. The lowest BCUT2D eigenvalue weighted by Gasteiger charge is -2.37. The summed E-state index contributed by atoms with van der Waals surface area (Å²) in [7, 11) is 0. The predicted octanol–water partition coefficient (Wildman–Crippen LogP) is 0.502. The van der Waals surface area contributed by atoms with Crippen LogP contribution in [-0.2, 0) is 11.3 Å². The molecule has 2 heterocycles. The number of hydrogen-bond acceptors (Lipinski definition) is 4. The average Bonchev–Trinajstić information content (AvgIpc) is 2.91. The summed E-state index contributed by atoms with van der Waals surface area (Å²) >= 11 is 0. The maximum atomic E-state index is 12.4. The summed E-state index contributed by atoms with van der Waals surface area (Å²) in [4.78, 5) is 18.3. The Morgan fingerprint density at radius 2 is 2.32 bits per heavy atom. The molecule has 2 rings (SSSR count). The summed E-state index contributed by atoms with van der Waals surface area (Å²) in [5.41, 5.74) is 5.23. The van der Waals surface area contributed by atoms with Crippen molar-refractivity contribution in [1.82, 2.24) is 19.7 Å². The zero-order valence-electron chi connectivity index (χ0n) is 11.7. The monoisotopic (exact) mass is 265 g/mol. The highest BCUT2D eigenvalue weighted by Crippen LogP contribution is 2.23. The molecule has 0 radical (unpaired) electrons. The highest BCUT2D eigenvalue weighted by Gasteiger charge is 2.33. The van der Waals surface area contributed by atoms with Crippen LogP contribution in [0.4, 0.5) is 0 Å². The van der Waals surface area contributed by atoms with Crippen molar-refractivity contribution in [3.8, 4) is 0 Å². The third-order valence-corrected chi connectivity index (χ3v) is 3.81. The van der Waals surface area contributed by atoms with Crippen molar-refractivity contribution in [3.05, 3.63) is 12.7 Å². The number of amides is 1. The molecular weight excluding hydrogens is 242 g/mol. The van der Waals surface area contributed by atoms with Gasteiger partial charge in [-0.15, -0.1) is 0 Å². The van der Waals surface area contributed by atoms with Crippen molar-refractivity contribution in [2.24, 2.45) is 17.1 Å². The summed E-state index contributed by atoms with van der Waals surface area (Å²) in [5.74, 6) is 0.617. The number of aromatic nitrogens is 3. The fraction of sp³-hybridized carbons (Fsp3) is 0.769. The van der Waals surface area contributed by atoms with E-state index >= 15 is 0 Å². The molecule has 1 atom stereocenters. The van der Waals surface area contributed by atoms with Gasteiger partial charge in [-0.05, 0) is 32.6 Å². The van der Waals surface area contributed by atoms with Gasteiger partial charge < -0.3 is 10.6 Å². The fourth-order valence-corrected chi connectivity index (χ4v) is 2.51. The SMILES string of the molecule is CC(C)(CN)C(=O)N1CCCC(Cn2cncn2)C1. The lowest BCUT2D eigenvalue weighted by atomic mass is 9.89. The summed E-state index contributed by atoms with van der Waals surface area (Å²) in [5, 5.41) is 4.13. The number of rotatable bonds is 4. The number of nitrogens with zero attached hydrogens (tertiary/aromatic N) is 4. The van der Waals surface area contributed by atoms with Gasteiger partial charge in [0.25, 0.3) is 0 Å². The molecule has 1 saturated heterocycles. The zero-order chi connectivity index (χ0) is 13.9. The van der Waals surface area contributed by atoms with Crippen LogP contribution in [0.5, 0.6) is 0 Å². The van der Waals surface area contributed by atoms with Crippen molar-refractivity contribution in [3.63, 3.8) is 0 Å². The molecule has 1 aromatic heterocycles. The Labute approximate surface area is 114 Å². The van der Waals surface area contributed by atoms with E-state index < -0.39 is 5.41 Å². The minimum Gasteiger partial charge on any atom is -0.342 e. The van der Waals surface area contributed by atoms with Crippen LogP contribution in [0.3, 0.4) is 0 Å². The quantitative estimate of drug-likeness (QED) is 0.860. The standard InChI is InChI=1S/C13H23N5O/c1-13(2,8-14)12(19)17-5-3-4-11(6-17)7-18-10-15-9-16-18/h9-11H,3-8,14H2,1-2H3. The molecule has 1 amide bonds. The molecule has 106 valence electrons. The molecule has 0 bridgehead atoms. The Kier molecular flexibility index (Phi) is 4.19. The Balaban J connectivity index is 1.95. The van der Waals surface area contributed by atoms with Gasteiger partial charge in [-0.2, -0.15) is 5.10 Å². The maximum absolute atomic E-state index is 12.4. The second-order valence-corrected chi connectivity index (χ2v) is 5.96. The van der Waals surface area contributed by atoms with E-state index in [-0.39, 0.29) is 5.91 Å². The van der Waals surface area contributed by atoms with Crippen LogP contribution in [0.1, 0.15) is 26.7 Å². The van der Waals surface area contributed by atoms with E-state index in [0.717, 1.165) is 32.5 Å². The molecule has 0 spiro atoms. The number of carbonyl (C=O) groups excluding carboxylic acids is 1. The lowest BCUT2D eigenvalue weighted by molar-refractivity contribution is -0.141. The first-order valence-corrected chi connectivity index (χ1v) is 6.85. The van der Waals surface area contributed by atoms with Crippen LogP contribution in [0, 0.1) is 11.3 Å². The van der Waals surface area contributed by atoms with Crippen LogP contribution in [0.25, 0.3) is 0 Å². The molecular formula is C13H23N5O. The molecule has 19 heavy (non-hydrogen) atoms. The molecule has 0 saturated carbocycles. The third kappa shape index (κ3) is 3.32. The first-order valence-electron chi connectivity index (χ1n) is 6.85. The zero-order valence-corrected chi connectivity index (χ0v) is 11.7. The van der Waals surface area contributed by atoms with E-state index in [4.69, 9.17) is 5.73 Å². The number of carbonyl (C=O) groups is 1. The van der Waals surface area contributed by atoms with Gasteiger partial charge in [0, 0.05) is 26.2 Å². The molecule has 6 heteroatoms. The Morgan fingerprint density at radius 1 is 1.53 bits per heavy atom. The molecule has 1 fully saturated rings. The summed E-state index contributed by atoms with van der Waals surface area (Å²) in [6, 6.07) is 0. The third-order valence-electron chi connectivity index (χ3n) is 3.81. The van der Waals surface area contributed by atoms with Gasteiger partial charge in [0.1, 0.15) is 12.7 Å². The largest absolute Gasteiger partial charge is 0.342 e. The first-order chi connectivity index (χ1) is 9.03. The van der Waals surface area contributed by atoms with Gasteiger partial charge >= 0.3 is 0 Å². The normalized spacial score (nSPS) is 20.6. The number of likely N-dealkylation sites (tertiary alicyclic amines) is 1. The average molecular weight is 265 g/mol. The van der Waals surface area contributed by atoms with Gasteiger partial charge in [-0.1, -0.05) is 0 Å². The van der Waals surface area contributed by atoms with E-state index in [1.165, 1.54) is 0 Å². The van der Waals surface area contributed by atoms with Gasteiger partial charge in [-0.3, -0.25) is 9.48 Å². The van der Waals surface area contributed by atoms with Gasteiger partial charge in [0.15, 0.2) is 0 Å². The van der Waals surface area contributed by atoms with Crippen molar-refractivity contribution < 1.29 is 4.79 Å². The molecule has 0 aliphatic carbocycles. The minimum atomic E-state index is -0.463. The Morgan fingerprint density at radius 3 is 2.95 bits per heavy atom. The van der Waals surface area contributed by atoms with Crippen LogP contribution in [0.15, 0.2) is 12.7 Å². The minimum absolute atomic E-state index is 0.165. The van der Waals surface area contributed by atoms with E-state index in [1.807, 2.05) is 23.4 Å². The van der Waals surface area contributed by atoms with Gasteiger partial charge in [0.2, 0.25) is 5.91 Å². The van der Waals surface area contributed by atoms with Crippen molar-refractivity contribution >= 4 is 5.91 Å². The molecule has 1 unspecified atom stereocenters. The summed E-state index contributed by atoms with van der Waals surface area (Å²) < 4.78 is 1.84. The molecule has 2 N–H and O–H groups in total. The second kappa shape index (κ2) is 5.69. The van der Waals surface area contributed by atoms with Crippen LogP contribution < -0.4 is 5.73 Å². The van der Waals surface area contributed by atoms with Gasteiger partial charge in [-0.25, -0.2) is 4.98 Å². The number of piperidine rings is 1.